The van der Waals surface area contributed by atoms with Crippen LogP contribution in [0.15, 0.2) is 45.4 Å². The molecule has 2 aliphatic rings. The number of hydrogen-bond donors (Lipinski definition) is 2. The third kappa shape index (κ3) is 11.0. The number of nitrogens with two attached hydrogens (primary N) is 1. The Morgan fingerprint density at radius 2 is 1.43 bits per heavy atom. The molecule has 49 heavy (non-hydrogen) atoms. The van der Waals surface area contributed by atoms with E-state index in [2.05, 4.69) is 25.6 Å². The highest BCUT2D eigenvalue weighted by atomic mass is 19.4. The van der Waals surface area contributed by atoms with E-state index < -0.39 is 24.2 Å². The Morgan fingerprint density at radius 3 is 1.88 bits per heavy atom. The van der Waals surface area contributed by atoms with Crippen LogP contribution in [0, 0.1) is 0 Å². The number of rotatable bonds is 5. The van der Waals surface area contributed by atoms with Gasteiger partial charge in [-0.15, -0.1) is 0 Å². The van der Waals surface area contributed by atoms with Gasteiger partial charge in [0, 0.05) is 36.5 Å². The molecule has 4 aromatic rings. The number of benzene rings is 2. The molecule has 0 spiro atoms. The first-order chi connectivity index (χ1) is 23.6. The molecule has 266 valence electrons. The highest BCUT2D eigenvalue weighted by molar-refractivity contribution is 5.69. The van der Waals surface area contributed by atoms with Crippen molar-refractivity contribution in [2.24, 2.45) is 5.73 Å². The molecule has 2 atom stereocenters. The average molecular weight is 692 g/mol. The number of alkyl halides is 3. The second kappa shape index (κ2) is 16.9. The Bertz CT molecular complexity index is 1710. The summed E-state index contributed by atoms with van der Waals surface area (Å²) < 4.78 is 64.1. The quantitative estimate of drug-likeness (QED) is 0.211. The monoisotopic (exact) mass is 691 g/mol. The second-order valence-electron chi connectivity index (χ2n) is 11.3. The molecule has 13 nitrogen and oxygen atoms in total. The van der Waals surface area contributed by atoms with Crippen LogP contribution in [0.2, 0.25) is 0 Å². The van der Waals surface area contributed by atoms with Crippen molar-refractivity contribution < 1.29 is 47.4 Å². The average Bonchev–Trinajstić information content (AvgIpc) is 3.88. The van der Waals surface area contributed by atoms with Crippen LogP contribution in [-0.4, -0.2) is 57.7 Å². The summed E-state index contributed by atoms with van der Waals surface area (Å²) in [6.07, 6.45) is -4.73. The summed E-state index contributed by atoms with van der Waals surface area (Å²) in [6, 6.07) is 11.2. The molecule has 2 aliphatic heterocycles. The summed E-state index contributed by atoms with van der Waals surface area (Å²) in [6.45, 7) is 12.6. The number of aromatic nitrogens is 4. The Labute approximate surface area is 283 Å². The van der Waals surface area contributed by atoms with Crippen LogP contribution in [0.4, 0.5) is 18.0 Å². The number of fused-ring (bicyclic) bond motifs is 2. The lowest BCUT2D eigenvalue weighted by atomic mass is 10.1. The third-order valence-corrected chi connectivity index (χ3v) is 6.51. The van der Waals surface area contributed by atoms with Crippen molar-refractivity contribution in [1.29, 1.82) is 0 Å². The van der Waals surface area contributed by atoms with E-state index >= 15 is 0 Å². The van der Waals surface area contributed by atoms with E-state index in [0.29, 0.717) is 55.7 Å². The first kappa shape index (κ1) is 36.8. The largest absolute Gasteiger partial charge is 0.491 e. The van der Waals surface area contributed by atoms with Gasteiger partial charge in [0.15, 0.2) is 0 Å². The Kier molecular flexibility index (Phi) is 12.7. The number of alkyl carbamates (subject to hydrolysis) is 1. The molecule has 0 saturated heterocycles. The molecule has 0 bridgehead atoms. The number of amides is 1. The van der Waals surface area contributed by atoms with E-state index in [0.717, 1.165) is 34.4 Å². The molecule has 3 N–H and O–H groups in total. The SMILES string of the molecule is CCc1nc(-c2ccc3c(c2)OCC3N)no1.CCc1nc(-c2ccc3c(c2)OCC3NC(=O)OC(C)(C)C)no1.O=CC(F)(F)F.[2H]CC. The molecule has 0 saturated carbocycles. The fraction of sp³-hybridized carbons (Fsp3) is 0.455. The molecule has 0 radical (unpaired) electrons. The van der Waals surface area contributed by atoms with E-state index in [1.165, 1.54) is 0 Å². The molecular weight excluding hydrogens is 649 g/mol. The summed E-state index contributed by atoms with van der Waals surface area (Å²) in [5.41, 5.74) is 9.00. The van der Waals surface area contributed by atoms with E-state index in [-0.39, 0.29) is 12.1 Å². The molecule has 1 amide bonds. The van der Waals surface area contributed by atoms with Crippen molar-refractivity contribution in [2.45, 2.75) is 85.1 Å². The summed E-state index contributed by atoms with van der Waals surface area (Å²) >= 11 is 0. The van der Waals surface area contributed by atoms with Crippen LogP contribution in [0.1, 0.15) is 84.8 Å². The highest BCUT2D eigenvalue weighted by Gasteiger charge is 2.29. The number of carbonyl (C=O) groups excluding carboxylic acids is 2. The van der Waals surface area contributed by atoms with E-state index in [1.54, 1.807) is 6.92 Å². The van der Waals surface area contributed by atoms with Crippen molar-refractivity contribution in [2.75, 3.05) is 13.2 Å². The molecule has 2 unspecified atom stereocenters. The van der Waals surface area contributed by atoms with Gasteiger partial charge in [-0.05, 0) is 32.9 Å². The summed E-state index contributed by atoms with van der Waals surface area (Å²) in [4.78, 5) is 29.2. The maximum atomic E-state index is 11.9. The minimum Gasteiger partial charge on any atom is -0.491 e. The first-order valence-electron chi connectivity index (χ1n) is 16.1. The number of halogens is 3. The molecule has 0 fully saturated rings. The van der Waals surface area contributed by atoms with Crippen LogP contribution in [0.5, 0.6) is 11.5 Å². The minimum atomic E-state index is -4.64. The van der Waals surface area contributed by atoms with Gasteiger partial charge >= 0.3 is 12.3 Å². The van der Waals surface area contributed by atoms with Gasteiger partial charge < -0.3 is 34.3 Å². The lowest BCUT2D eigenvalue weighted by molar-refractivity contribution is -0.156. The van der Waals surface area contributed by atoms with E-state index in [4.69, 9.17) is 35.2 Å². The zero-order valence-corrected chi connectivity index (χ0v) is 28.1. The van der Waals surface area contributed by atoms with Gasteiger partial charge in [-0.2, -0.15) is 23.1 Å². The number of nitrogens with zero attached hydrogens (tertiary/aromatic N) is 4. The third-order valence-electron chi connectivity index (χ3n) is 6.51. The smallest absolute Gasteiger partial charge is 0.446 e. The van der Waals surface area contributed by atoms with Crippen molar-refractivity contribution >= 4 is 12.4 Å². The predicted octanol–water partition coefficient (Wildman–Crippen LogP) is 6.72. The van der Waals surface area contributed by atoms with Crippen molar-refractivity contribution in [3.8, 4) is 34.3 Å². The first-order valence-corrected chi connectivity index (χ1v) is 15.4. The van der Waals surface area contributed by atoms with Crippen molar-refractivity contribution in [3.63, 3.8) is 0 Å². The lowest BCUT2D eigenvalue weighted by Gasteiger charge is -2.21. The van der Waals surface area contributed by atoms with Gasteiger partial charge in [0.2, 0.25) is 29.7 Å². The van der Waals surface area contributed by atoms with E-state index in [1.807, 2.05) is 71.0 Å². The standard InChI is InChI=1S/C17H21N3O4.C12H13N3O2.C2HF3O.C2H6/c1-5-14-19-15(20-24-14)10-6-7-11-12(9-22-13(11)8-10)18-16(21)23-17(2,3)4;1-2-11-14-12(15-17-11)7-3-4-8-9(13)6-16-10(8)5-7;3-2(4,5)1-6;1-2/h6-8,12H,5,9H2,1-4H3,(H,18,21);3-5,9H,2,6,13H2,1H3;1H;1-2H3/i;;;1D. The van der Waals surface area contributed by atoms with Gasteiger partial charge in [0.05, 0.1) is 12.1 Å². The van der Waals surface area contributed by atoms with Gasteiger partial charge in [-0.1, -0.05) is 62.2 Å². The fourth-order valence-corrected chi connectivity index (χ4v) is 4.32. The number of nitrogens with one attached hydrogen (secondary N) is 1. The van der Waals surface area contributed by atoms with Crippen LogP contribution < -0.4 is 20.5 Å². The second-order valence-corrected chi connectivity index (χ2v) is 11.3. The van der Waals surface area contributed by atoms with Crippen LogP contribution >= 0.6 is 0 Å². The molecule has 4 heterocycles. The number of aldehydes is 1. The molecule has 6 rings (SSSR count). The molecule has 2 aromatic heterocycles. The molecular formula is C33H41F3N6O7. The van der Waals surface area contributed by atoms with Crippen LogP contribution in [-0.2, 0) is 22.4 Å². The van der Waals surface area contributed by atoms with Gasteiger partial charge in [-0.25, -0.2) is 4.79 Å². The zero-order chi connectivity index (χ0) is 37.1. The highest BCUT2D eigenvalue weighted by Crippen LogP contribution is 2.36. The maximum absolute atomic E-state index is 11.9. The number of aryl methyl sites for hydroxylation is 2. The zero-order valence-electron chi connectivity index (χ0n) is 29.1. The van der Waals surface area contributed by atoms with E-state index in [9.17, 15) is 18.0 Å². The summed E-state index contributed by atoms with van der Waals surface area (Å²) in [7, 11) is 0. The summed E-state index contributed by atoms with van der Waals surface area (Å²) in [5.74, 6) is 3.87. The van der Waals surface area contributed by atoms with Crippen LogP contribution in [0.25, 0.3) is 22.8 Å². The lowest BCUT2D eigenvalue weighted by Crippen LogP contribution is -2.35. The Morgan fingerprint density at radius 1 is 0.959 bits per heavy atom. The van der Waals surface area contributed by atoms with Crippen molar-refractivity contribution in [1.82, 2.24) is 25.6 Å². The topological polar surface area (TPSA) is 178 Å². The van der Waals surface area contributed by atoms with Gasteiger partial charge in [0.1, 0.15) is 30.3 Å². The Hall–Kier alpha value is -4.99. The number of carbonyl (C=O) groups is 2. The Balaban J connectivity index is 0.000000225. The molecule has 2 aromatic carbocycles. The van der Waals surface area contributed by atoms with Gasteiger partial charge in [-0.3, -0.25) is 4.79 Å². The van der Waals surface area contributed by atoms with Crippen LogP contribution in [0.3, 0.4) is 0 Å². The van der Waals surface area contributed by atoms with Crippen molar-refractivity contribution in [3.05, 3.63) is 59.3 Å². The number of hydrogen-bond acceptors (Lipinski definition) is 12. The van der Waals surface area contributed by atoms with Gasteiger partial charge in [0.25, 0.3) is 0 Å². The minimum absolute atomic E-state index is 0.0319. The normalized spacial score (nSPS) is 16.0. The molecule has 16 heteroatoms. The summed E-state index contributed by atoms with van der Waals surface area (Å²) in [5, 5.41) is 10.7. The predicted molar refractivity (Wildman–Crippen MR) is 172 cm³/mol. The fourth-order valence-electron chi connectivity index (χ4n) is 4.32. The maximum Gasteiger partial charge on any atom is 0.446 e. The number of ether oxygens (including phenoxy) is 3. The molecule has 0 aliphatic carbocycles.